The van der Waals surface area contributed by atoms with Gasteiger partial charge in [-0.15, -0.1) is 0 Å². The maximum atomic E-state index is 10.8. The largest absolute Gasteiger partial charge is 0.374 e. The number of hydrogen-bond donors (Lipinski definition) is 5. The van der Waals surface area contributed by atoms with Gasteiger partial charge in [-0.1, -0.05) is 6.92 Å². The summed E-state index contributed by atoms with van der Waals surface area (Å²) < 4.78 is 72.0. The zero-order chi connectivity index (χ0) is 25.3. The van der Waals surface area contributed by atoms with Crippen LogP contribution in [-0.2, 0) is 34.9 Å². The fourth-order valence-electron chi connectivity index (χ4n) is 0.755. The lowest BCUT2D eigenvalue weighted by Crippen LogP contribution is -2.33. The van der Waals surface area contributed by atoms with Gasteiger partial charge in [0.05, 0.1) is 7.11 Å². The molecule has 0 aromatic heterocycles. The second-order valence-electron chi connectivity index (χ2n) is 5.78. The van der Waals surface area contributed by atoms with Crippen LogP contribution in [0.1, 0.15) is 48.5 Å². The van der Waals surface area contributed by atoms with Gasteiger partial charge in [-0.2, -0.15) is 64.5 Å². The van der Waals surface area contributed by atoms with Crippen LogP contribution in [0, 0.1) is 0 Å². The van der Waals surface area contributed by atoms with Crippen molar-refractivity contribution >= 4 is 47.9 Å². The van der Waals surface area contributed by atoms with Gasteiger partial charge in [0.15, 0.2) is 0 Å². The lowest BCUT2D eigenvalue weighted by atomic mass is 10.5. The molecule has 186 valence electrons. The van der Waals surface area contributed by atoms with E-state index in [-0.39, 0.29) is 0 Å². The van der Waals surface area contributed by atoms with Crippen molar-refractivity contribution < 1.29 is 29.4 Å². The van der Waals surface area contributed by atoms with Crippen molar-refractivity contribution in [2.45, 2.75) is 48.5 Å². The van der Waals surface area contributed by atoms with Gasteiger partial charge < -0.3 is 0 Å². The number of nitrogens with one attached hydrogen (secondary N) is 5. The van der Waals surface area contributed by atoms with Gasteiger partial charge >= 0.3 is 30.7 Å². The van der Waals surface area contributed by atoms with Crippen LogP contribution in [0.25, 0.3) is 0 Å². The molecule has 0 radical (unpaired) electrons. The molecule has 0 saturated carbocycles. The summed E-state index contributed by atoms with van der Waals surface area (Å²) in [5.41, 5.74) is 1.92. The van der Waals surface area contributed by atoms with Crippen LogP contribution in [0.15, 0.2) is 15.3 Å². The van der Waals surface area contributed by atoms with E-state index in [0.29, 0.717) is 23.7 Å². The van der Waals surface area contributed by atoms with Gasteiger partial charge in [0, 0.05) is 30.7 Å². The maximum Gasteiger partial charge on any atom is 0.374 e. The SMILES string of the molecule is CCNS(=O)(=O)NN=C(C)C.CNS(=O)(=O)NN=C(C)C.COS(=O)(=O)NN=C(C)C. The molecule has 0 aliphatic rings. The molecule has 0 spiro atoms. The molecule has 31 heavy (non-hydrogen) atoms. The van der Waals surface area contributed by atoms with E-state index in [1.165, 1.54) is 7.05 Å². The maximum absolute atomic E-state index is 10.8. The monoisotopic (exact) mass is 510 g/mol. The highest BCUT2D eigenvalue weighted by Crippen LogP contribution is 1.82. The Morgan fingerprint density at radius 2 is 1.06 bits per heavy atom. The Morgan fingerprint density at radius 3 is 1.35 bits per heavy atom. The molecule has 5 N–H and O–H groups in total. The normalized spacial score (nSPS) is 10.7. The summed E-state index contributed by atoms with van der Waals surface area (Å²) in [4.78, 5) is 5.81. The molecular formula is C13H34N8O7S3. The second kappa shape index (κ2) is 16.8. The number of hydrazone groups is 3. The van der Waals surface area contributed by atoms with Crippen molar-refractivity contribution in [2.75, 3.05) is 20.7 Å². The number of rotatable bonds is 10. The highest BCUT2D eigenvalue weighted by atomic mass is 32.2. The van der Waals surface area contributed by atoms with Gasteiger partial charge in [0.2, 0.25) is 0 Å². The van der Waals surface area contributed by atoms with Crippen molar-refractivity contribution in [1.29, 1.82) is 0 Å². The van der Waals surface area contributed by atoms with Crippen LogP contribution >= 0.6 is 0 Å². The van der Waals surface area contributed by atoms with E-state index < -0.39 is 30.7 Å². The van der Waals surface area contributed by atoms with Crippen LogP contribution in [0.5, 0.6) is 0 Å². The van der Waals surface area contributed by atoms with Crippen LogP contribution < -0.4 is 23.9 Å². The van der Waals surface area contributed by atoms with Crippen LogP contribution in [0.3, 0.4) is 0 Å². The predicted octanol–water partition coefficient (Wildman–Crippen LogP) is -0.875. The third-order valence-electron chi connectivity index (χ3n) is 1.98. The average Bonchev–Trinajstić information content (AvgIpc) is 2.64. The summed E-state index contributed by atoms with van der Waals surface area (Å²) >= 11 is 0. The molecule has 0 aromatic rings. The molecular weight excluding hydrogens is 476 g/mol. The third kappa shape index (κ3) is 28.1. The average molecular weight is 511 g/mol. The van der Waals surface area contributed by atoms with Crippen molar-refractivity contribution in [3.63, 3.8) is 0 Å². The standard InChI is InChI=1S/C5H13N3O2S.C4H11N3O2S.C4H10N2O3S/c1-4-6-11(9,10)8-7-5(2)3;1-4(2)6-7-10(8,9)5-3;1-4(2)5-6-10(7,8)9-3/h6,8H,4H2,1-3H3;5,7H,1-3H3;6H,1-3H3. The van der Waals surface area contributed by atoms with Crippen LogP contribution in [0.2, 0.25) is 0 Å². The highest BCUT2D eigenvalue weighted by molar-refractivity contribution is 7.87. The van der Waals surface area contributed by atoms with Crippen molar-refractivity contribution in [3.05, 3.63) is 0 Å². The molecule has 18 heteroatoms. The van der Waals surface area contributed by atoms with Gasteiger partial charge in [-0.05, 0) is 41.5 Å². The van der Waals surface area contributed by atoms with Crippen LogP contribution in [0.4, 0.5) is 0 Å². The Labute approximate surface area is 185 Å². The molecule has 0 rings (SSSR count). The molecule has 0 aromatic carbocycles. The van der Waals surface area contributed by atoms with E-state index in [0.717, 1.165) is 7.11 Å². The molecule has 0 heterocycles. The zero-order valence-corrected chi connectivity index (χ0v) is 21.6. The van der Waals surface area contributed by atoms with Crippen molar-refractivity contribution in [1.82, 2.24) is 23.9 Å². The Morgan fingerprint density at radius 1 is 0.710 bits per heavy atom. The molecule has 0 amide bonds. The molecule has 15 nitrogen and oxygen atoms in total. The fraction of sp³-hybridized carbons (Fsp3) is 0.769. The lowest BCUT2D eigenvalue weighted by molar-refractivity contribution is 0.388. The third-order valence-corrected chi connectivity index (χ3v) is 4.61. The molecule has 0 saturated heterocycles. The lowest BCUT2D eigenvalue weighted by Gasteiger charge is -2.01. The number of nitrogens with zero attached hydrogens (tertiary/aromatic N) is 3. The first kappa shape index (κ1) is 33.8. The summed E-state index contributed by atoms with van der Waals surface area (Å²) in [6.45, 7) is 12.2. The van der Waals surface area contributed by atoms with Gasteiger partial charge in [0.1, 0.15) is 0 Å². The first-order chi connectivity index (χ1) is 13.9. The molecule has 0 aliphatic heterocycles. The summed E-state index contributed by atoms with van der Waals surface area (Å²) in [7, 11) is -8.10. The van der Waals surface area contributed by atoms with E-state index in [1.54, 1.807) is 48.5 Å². The Bertz CT molecular complexity index is 849. The minimum atomic E-state index is -3.65. The minimum Gasteiger partial charge on any atom is -0.256 e. The molecule has 0 fully saturated rings. The summed E-state index contributed by atoms with van der Waals surface area (Å²) in [6.07, 6.45) is 0. The Kier molecular flexibility index (Phi) is 18.3. The second-order valence-corrected chi connectivity index (χ2v) is 10.3. The first-order valence-electron chi connectivity index (χ1n) is 8.50. The van der Waals surface area contributed by atoms with Gasteiger partial charge in [0.25, 0.3) is 0 Å². The quantitative estimate of drug-likeness (QED) is 0.185. The minimum absolute atomic E-state index is 0.355. The van der Waals surface area contributed by atoms with Crippen LogP contribution in [-0.4, -0.2) is 63.1 Å². The molecule has 0 atom stereocenters. The van der Waals surface area contributed by atoms with Gasteiger partial charge in [-0.3, -0.25) is 4.18 Å². The van der Waals surface area contributed by atoms with E-state index in [4.69, 9.17) is 0 Å². The fourth-order valence-corrected chi connectivity index (χ4v) is 2.27. The number of hydrogen-bond acceptors (Lipinski definition) is 10. The highest BCUT2D eigenvalue weighted by Gasteiger charge is 2.04. The molecule has 0 unspecified atom stereocenters. The predicted molar refractivity (Wildman–Crippen MR) is 122 cm³/mol. The summed E-state index contributed by atoms with van der Waals surface area (Å²) in [5, 5.41) is 10.4. The van der Waals surface area contributed by atoms with E-state index >= 15 is 0 Å². The Hall–Kier alpha value is -1.86. The first-order valence-corrected chi connectivity index (χ1v) is 12.9. The molecule has 0 bridgehead atoms. The van der Waals surface area contributed by atoms with E-state index in [9.17, 15) is 25.3 Å². The topological polar surface area (TPSA) is 209 Å². The Balaban J connectivity index is -0.000000380. The van der Waals surface area contributed by atoms with E-state index in [2.05, 4.69) is 28.9 Å². The molecule has 0 aliphatic carbocycles. The summed E-state index contributed by atoms with van der Waals surface area (Å²) in [6, 6.07) is 0. The smallest absolute Gasteiger partial charge is 0.256 e. The zero-order valence-electron chi connectivity index (χ0n) is 19.1. The van der Waals surface area contributed by atoms with Crippen molar-refractivity contribution in [2.24, 2.45) is 15.3 Å². The van der Waals surface area contributed by atoms with Crippen molar-refractivity contribution in [3.8, 4) is 0 Å². The summed E-state index contributed by atoms with van der Waals surface area (Å²) in [5.74, 6) is 0. The van der Waals surface area contributed by atoms with Gasteiger partial charge in [-0.25, -0.2) is 0 Å². The van der Waals surface area contributed by atoms with E-state index in [1.807, 2.05) is 14.5 Å².